The van der Waals surface area contributed by atoms with E-state index in [9.17, 15) is 4.79 Å². The van der Waals surface area contributed by atoms with E-state index < -0.39 is 5.97 Å². The molecule has 0 aliphatic carbocycles. The zero-order chi connectivity index (χ0) is 9.56. The van der Waals surface area contributed by atoms with Crippen LogP contribution in [0.2, 0.25) is 0 Å². The summed E-state index contributed by atoms with van der Waals surface area (Å²) < 4.78 is 4.70. The summed E-state index contributed by atoms with van der Waals surface area (Å²) in [6.45, 7) is 9.43. The molecule has 0 heterocycles. The molecule has 0 radical (unpaired) electrons. The second kappa shape index (κ2) is 5.52. The van der Waals surface area contributed by atoms with E-state index in [2.05, 4.69) is 11.6 Å². The number of esters is 1. The first-order valence-corrected chi connectivity index (χ1v) is 4.02. The predicted octanol–water partition coefficient (Wildman–Crippen LogP) is 1.93. The van der Waals surface area contributed by atoms with E-state index in [1.807, 2.05) is 13.8 Å². The SMILES string of the molecule is C=C(N=C(C)CC)C(=O)OCC. The van der Waals surface area contributed by atoms with Gasteiger partial charge in [0, 0.05) is 5.71 Å². The molecule has 3 nitrogen and oxygen atoms in total. The normalized spacial score (nSPS) is 11.1. The summed E-state index contributed by atoms with van der Waals surface area (Å²) in [5, 5.41) is 0. The highest BCUT2D eigenvalue weighted by Crippen LogP contribution is 1.98. The smallest absolute Gasteiger partial charge is 0.356 e. The molecule has 0 fully saturated rings. The molecule has 0 aliphatic heterocycles. The Labute approximate surface area is 73.1 Å². The Bertz CT molecular complexity index is 207. The number of ether oxygens (including phenoxy) is 1. The Morgan fingerprint density at radius 1 is 1.50 bits per heavy atom. The van der Waals surface area contributed by atoms with Crippen LogP contribution < -0.4 is 0 Å². The third-order valence-electron chi connectivity index (χ3n) is 1.35. The van der Waals surface area contributed by atoms with Crippen LogP contribution in [0.25, 0.3) is 0 Å². The zero-order valence-electron chi connectivity index (χ0n) is 7.89. The van der Waals surface area contributed by atoms with Crippen LogP contribution in [0.15, 0.2) is 17.3 Å². The summed E-state index contributed by atoms with van der Waals surface area (Å²) in [6, 6.07) is 0. The van der Waals surface area contributed by atoms with E-state index in [1.54, 1.807) is 6.92 Å². The van der Waals surface area contributed by atoms with Gasteiger partial charge in [-0.3, -0.25) is 4.99 Å². The van der Waals surface area contributed by atoms with Gasteiger partial charge in [-0.25, -0.2) is 4.79 Å². The van der Waals surface area contributed by atoms with Gasteiger partial charge in [-0.05, 0) is 20.3 Å². The summed E-state index contributed by atoms with van der Waals surface area (Å²) in [4.78, 5) is 14.9. The average molecular weight is 169 g/mol. The van der Waals surface area contributed by atoms with E-state index in [0.29, 0.717) is 6.61 Å². The molecule has 0 aromatic carbocycles. The molecule has 0 saturated carbocycles. The number of carbonyl (C=O) groups excluding carboxylic acids is 1. The van der Waals surface area contributed by atoms with Gasteiger partial charge in [0.2, 0.25) is 0 Å². The van der Waals surface area contributed by atoms with Crippen LogP contribution in [-0.2, 0) is 9.53 Å². The molecule has 0 atom stereocenters. The van der Waals surface area contributed by atoms with Gasteiger partial charge in [-0.2, -0.15) is 0 Å². The molecule has 0 bridgehead atoms. The molecule has 0 rings (SSSR count). The average Bonchev–Trinajstić information content (AvgIpc) is 2.04. The molecule has 0 N–H and O–H groups in total. The van der Waals surface area contributed by atoms with Crippen molar-refractivity contribution in [1.29, 1.82) is 0 Å². The summed E-state index contributed by atoms with van der Waals surface area (Å²) in [5.74, 6) is -0.440. The third-order valence-corrected chi connectivity index (χ3v) is 1.35. The van der Waals surface area contributed by atoms with Gasteiger partial charge in [-0.1, -0.05) is 13.5 Å². The molecular weight excluding hydrogens is 154 g/mol. The standard InChI is InChI=1S/C9H15NO2/c1-5-7(3)10-8(4)9(11)12-6-2/h4-6H2,1-3H3. The van der Waals surface area contributed by atoms with Gasteiger partial charge in [-0.15, -0.1) is 0 Å². The van der Waals surface area contributed by atoms with Crippen molar-refractivity contribution in [2.75, 3.05) is 6.61 Å². The van der Waals surface area contributed by atoms with Gasteiger partial charge in [0.05, 0.1) is 6.61 Å². The minimum absolute atomic E-state index is 0.177. The Morgan fingerprint density at radius 2 is 2.08 bits per heavy atom. The quantitative estimate of drug-likeness (QED) is 0.366. The first-order valence-electron chi connectivity index (χ1n) is 4.02. The molecule has 0 aliphatic rings. The molecular formula is C9H15NO2. The van der Waals surface area contributed by atoms with Gasteiger partial charge in [0.15, 0.2) is 0 Å². The van der Waals surface area contributed by atoms with Gasteiger partial charge in [0.25, 0.3) is 0 Å². The van der Waals surface area contributed by atoms with Crippen molar-refractivity contribution in [2.24, 2.45) is 4.99 Å². The van der Waals surface area contributed by atoms with Crippen LogP contribution in [0.4, 0.5) is 0 Å². The molecule has 0 spiro atoms. The van der Waals surface area contributed by atoms with Crippen LogP contribution in [0, 0.1) is 0 Å². The van der Waals surface area contributed by atoms with Crippen LogP contribution in [0.1, 0.15) is 27.2 Å². The summed E-state index contributed by atoms with van der Waals surface area (Å²) in [6.07, 6.45) is 0.818. The molecule has 12 heavy (non-hydrogen) atoms. The fourth-order valence-corrected chi connectivity index (χ4v) is 0.569. The highest BCUT2D eigenvalue weighted by molar-refractivity contribution is 5.92. The fraction of sp³-hybridized carbons (Fsp3) is 0.556. The minimum atomic E-state index is -0.440. The summed E-state index contributed by atoms with van der Waals surface area (Å²) in [5.41, 5.74) is 1.06. The molecule has 0 unspecified atom stereocenters. The Balaban J connectivity index is 4.12. The van der Waals surface area contributed by atoms with Gasteiger partial charge in [0.1, 0.15) is 5.70 Å². The maximum atomic E-state index is 11.0. The van der Waals surface area contributed by atoms with Crippen LogP contribution >= 0.6 is 0 Å². The van der Waals surface area contributed by atoms with E-state index in [1.165, 1.54) is 0 Å². The van der Waals surface area contributed by atoms with Gasteiger partial charge < -0.3 is 4.74 Å². The largest absolute Gasteiger partial charge is 0.461 e. The predicted molar refractivity (Wildman–Crippen MR) is 49.2 cm³/mol. The Kier molecular flexibility index (Phi) is 5.00. The lowest BCUT2D eigenvalue weighted by Gasteiger charge is -2.00. The van der Waals surface area contributed by atoms with E-state index in [-0.39, 0.29) is 5.70 Å². The minimum Gasteiger partial charge on any atom is -0.461 e. The maximum Gasteiger partial charge on any atom is 0.356 e. The molecule has 68 valence electrons. The monoisotopic (exact) mass is 169 g/mol. The van der Waals surface area contributed by atoms with Crippen molar-refractivity contribution < 1.29 is 9.53 Å². The maximum absolute atomic E-state index is 11.0. The number of aliphatic imine (C=N–C) groups is 1. The highest BCUT2D eigenvalue weighted by Gasteiger charge is 2.05. The number of hydrogen-bond donors (Lipinski definition) is 0. The van der Waals surface area contributed by atoms with Crippen LogP contribution in [-0.4, -0.2) is 18.3 Å². The highest BCUT2D eigenvalue weighted by atomic mass is 16.5. The van der Waals surface area contributed by atoms with E-state index >= 15 is 0 Å². The second-order valence-corrected chi connectivity index (χ2v) is 2.37. The lowest BCUT2D eigenvalue weighted by atomic mass is 10.3. The second-order valence-electron chi connectivity index (χ2n) is 2.37. The summed E-state index contributed by atoms with van der Waals surface area (Å²) >= 11 is 0. The number of hydrogen-bond acceptors (Lipinski definition) is 3. The zero-order valence-corrected chi connectivity index (χ0v) is 7.89. The molecule has 0 amide bonds. The molecule has 0 aromatic heterocycles. The number of rotatable bonds is 4. The van der Waals surface area contributed by atoms with Crippen molar-refractivity contribution in [2.45, 2.75) is 27.2 Å². The molecule has 3 heteroatoms. The fourth-order valence-electron chi connectivity index (χ4n) is 0.569. The number of nitrogens with zero attached hydrogens (tertiary/aromatic N) is 1. The van der Waals surface area contributed by atoms with Gasteiger partial charge >= 0.3 is 5.97 Å². The van der Waals surface area contributed by atoms with Crippen molar-refractivity contribution in [1.82, 2.24) is 0 Å². The number of carbonyl (C=O) groups is 1. The first kappa shape index (κ1) is 10.9. The van der Waals surface area contributed by atoms with Crippen LogP contribution in [0.3, 0.4) is 0 Å². The topological polar surface area (TPSA) is 38.7 Å². The lowest BCUT2D eigenvalue weighted by Crippen LogP contribution is -2.06. The van der Waals surface area contributed by atoms with Crippen molar-refractivity contribution in [3.63, 3.8) is 0 Å². The van der Waals surface area contributed by atoms with E-state index in [0.717, 1.165) is 12.1 Å². The van der Waals surface area contributed by atoms with Crippen LogP contribution in [0.5, 0.6) is 0 Å². The lowest BCUT2D eigenvalue weighted by molar-refractivity contribution is -0.138. The van der Waals surface area contributed by atoms with Crippen molar-refractivity contribution in [3.05, 3.63) is 12.3 Å². The molecule has 0 saturated heterocycles. The Hall–Kier alpha value is -1.12. The molecule has 0 aromatic rings. The van der Waals surface area contributed by atoms with Crippen molar-refractivity contribution >= 4 is 11.7 Å². The summed E-state index contributed by atoms with van der Waals surface area (Å²) in [7, 11) is 0. The third kappa shape index (κ3) is 3.91. The van der Waals surface area contributed by atoms with E-state index in [4.69, 9.17) is 4.74 Å². The Morgan fingerprint density at radius 3 is 2.50 bits per heavy atom. The van der Waals surface area contributed by atoms with Crippen molar-refractivity contribution in [3.8, 4) is 0 Å². The first-order chi connectivity index (χ1) is 5.61.